The summed E-state index contributed by atoms with van der Waals surface area (Å²) in [6.45, 7) is 0. The Kier molecular flexibility index (Phi) is 3.14. The van der Waals surface area contributed by atoms with Crippen LogP contribution in [-0.4, -0.2) is 26.9 Å². The molecule has 2 atom stereocenters. The maximum Gasteiger partial charge on any atom is 0.165 e. The first-order valence-electron chi connectivity index (χ1n) is 6.49. The van der Waals surface area contributed by atoms with Gasteiger partial charge in [-0.2, -0.15) is 0 Å². The topological polar surface area (TPSA) is 46.5 Å². The van der Waals surface area contributed by atoms with E-state index in [9.17, 15) is 13.7 Å². The summed E-state index contributed by atoms with van der Waals surface area (Å²) in [5.41, 5.74) is -0.480. The molecule has 0 saturated carbocycles. The number of ether oxygens (including phenoxy) is 1. The molecule has 1 aromatic carbocycles. The number of hydrogen-bond acceptors (Lipinski definition) is 3. The molecule has 19 heavy (non-hydrogen) atoms. The first kappa shape index (κ1) is 13.1. The maximum atomic E-state index is 13.8. The van der Waals surface area contributed by atoms with Gasteiger partial charge in [0.05, 0.1) is 12.7 Å². The molecule has 0 aromatic heterocycles. The molecule has 0 amide bonds. The van der Waals surface area contributed by atoms with Crippen LogP contribution < -0.4 is 4.74 Å². The van der Waals surface area contributed by atoms with E-state index in [1.807, 2.05) is 0 Å². The van der Waals surface area contributed by atoms with Crippen LogP contribution in [0.4, 0.5) is 4.39 Å². The van der Waals surface area contributed by atoms with Crippen molar-refractivity contribution in [3.05, 3.63) is 29.6 Å². The fourth-order valence-electron chi connectivity index (χ4n) is 3.27. The Morgan fingerprint density at radius 1 is 1.37 bits per heavy atom. The average molecular weight is 284 g/mol. The van der Waals surface area contributed by atoms with Crippen LogP contribution in [0.1, 0.15) is 31.2 Å². The maximum absolute atomic E-state index is 13.8. The molecule has 3 nitrogen and oxygen atoms in total. The molecule has 2 fully saturated rings. The second kappa shape index (κ2) is 4.56. The molecule has 0 radical (unpaired) electrons. The van der Waals surface area contributed by atoms with Crippen molar-refractivity contribution in [2.24, 2.45) is 0 Å². The molecule has 0 spiro atoms. The Morgan fingerprint density at radius 2 is 2.00 bits per heavy atom. The normalized spacial score (nSPS) is 37.3. The van der Waals surface area contributed by atoms with E-state index in [0.29, 0.717) is 18.4 Å². The van der Waals surface area contributed by atoms with Crippen molar-refractivity contribution in [3.63, 3.8) is 0 Å². The summed E-state index contributed by atoms with van der Waals surface area (Å²) in [5.74, 6) is -0.290. The Balaban J connectivity index is 1.93. The molecular formula is C14H17FO3S. The van der Waals surface area contributed by atoms with Gasteiger partial charge in [0.1, 0.15) is 0 Å². The minimum atomic E-state index is -1.05. The third-order valence-corrected chi connectivity index (χ3v) is 6.41. The number of aliphatic hydroxyl groups is 1. The summed E-state index contributed by atoms with van der Waals surface area (Å²) >= 11 is 0. The lowest BCUT2D eigenvalue weighted by Gasteiger charge is -2.36. The second-order valence-electron chi connectivity index (χ2n) is 5.44. The van der Waals surface area contributed by atoms with E-state index < -0.39 is 22.2 Å². The molecule has 1 N–H and O–H groups in total. The zero-order valence-corrected chi connectivity index (χ0v) is 11.6. The molecule has 2 bridgehead atoms. The molecule has 2 aliphatic heterocycles. The van der Waals surface area contributed by atoms with Gasteiger partial charge in [-0.25, -0.2) is 4.39 Å². The standard InChI is InChI=1S/C14H17FO3S/c1-18-13-5-2-9(6-12(13)15)14(16)7-10-3-4-11(8-14)19(10)17/h2,5-6,10-11,16H,3-4,7-8H2,1H3. The van der Waals surface area contributed by atoms with Crippen LogP contribution >= 0.6 is 0 Å². The molecular weight excluding hydrogens is 267 g/mol. The highest BCUT2D eigenvalue weighted by molar-refractivity contribution is 7.86. The van der Waals surface area contributed by atoms with Crippen LogP contribution in [0.15, 0.2) is 18.2 Å². The summed E-state index contributed by atoms with van der Waals surface area (Å²) in [4.78, 5) is 0. The van der Waals surface area contributed by atoms with Crippen LogP contribution in [-0.2, 0) is 16.4 Å². The third kappa shape index (κ3) is 2.09. The first-order valence-corrected chi connectivity index (χ1v) is 7.77. The highest BCUT2D eigenvalue weighted by Gasteiger charge is 2.48. The van der Waals surface area contributed by atoms with Crippen molar-refractivity contribution in [2.75, 3.05) is 7.11 Å². The van der Waals surface area contributed by atoms with Gasteiger partial charge >= 0.3 is 0 Å². The van der Waals surface area contributed by atoms with Gasteiger partial charge in [-0.05, 0) is 43.4 Å². The lowest BCUT2D eigenvalue weighted by molar-refractivity contribution is 0.0181. The fraction of sp³-hybridized carbons (Fsp3) is 0.571. The van der Waals surface area contributed by atoms with E-state index >= 15 is 0 Å². The molecule has 104 valence electrons. The SMILES string of the molecule is COc1ccc(C2(O)CC3CCC(C2)S3=O)cc1F. The van der Waals surface area contributed by atoms with Crippen molar-refractivity contribution in [1.82, 2.24) is 0 Å². The van der Waals surface area contributed by atoms with Crippen LogP contribution in [0.3, 0.4) is 0 Å². The molecule has 1 aromatic rings. The van der Waals surface area contributed by atoms with E-state index in [2.05, 4.69) is 0 Å². The molecule has 2 saturated heterocycles. The van der Waals surface area contributed by atoms with Gasteiger partial charge in [-0.15, -0.1) is 0 Å². The molecule has 2 unspecified atom stereocenters. The Hall–Kier alpha value is -0.940. The molecule has 0 aliphatic carbocycles. The van der Waals surface area contributed by atoms with Crippen molar-refractivity contribution in [2.45, 2.75) is 41.8 Å². The van der Waals surface area contributed by atoms with Gasteiger partial charge in [0, 0.05) is 21.3 Å². The lowest BCUT2D eigenvalue weighted by Crippen LogP contribution is -2.40. The Morgan fingerprint density at radius 3 is 2.53 bits per heavy atom. The minimum absolute atomic E-state index is 0.0499. The predicted molar refractivity (Wildman–Crippen MR) is 71.0 cm³/mol. The van der Waals surface area contributed by atoms with E-state index in [0.717, 1.165) is 12.8 Å². The molecule has 3 rings (SSSR count). The molecule has 2 heterocycles. The average Bonchev–Trinajstić information content (AvgIpc) is 2.63. The predicted octanol–water partition coefficient (Wildman–Crippen LogP) is 2.10. The third-order valence-electron chi connectivity index (χ3n) is 4.29. The Labute approximate surface area is 114 Å². The van der Waals surface area contributed by atoms with Crippen LogP contribution in [0.25, 0.3) is 0 Å². The first-order chi connectivity index (χ1) is 9.03. The van der Waals surface area contributed by atoms with E-state index in [1.54, 1.807) is 6.07 Å². The number of halogens is 1. The van der Waals surface area contributed by atoms with Crippen molar-refractivity contribution in [1.29, 1.82) is 0 Å². The second-order valence-corrected chi connectivity index (χ2v) is 7.43. The zero-order valence-electron chi connectivity index (χ0n) is 10.8. The Bertz CT molecular complexity index is 515. The summed E-state index contributed by atoms with van der Waals surface area (Å²) in [7, 11) is 0.585. The summed E-state index contributed by atoms with van der Waals surface area (Å²) in [5, 5.41) is 10.9. The number of fused-ring (bicyclic) bond motifs is 2. The van der Waals surface area contributed by atoms with E-state index in [-0.39, 0.29) is 16.2 Å². The number of benzene rings is 1. The smallest absolute Gasteiger partial charge is 0.165 e. The summed E-state index contributed by atoms with van der Waals surface area (Å²) in [6.07, 6.45) is 2.72. The van der Waals surface area contributed by atoms with E-state index in [4.69, 9.17) is 4.74 Å². The quantitative estimate of drug-likeness (QED) is 0.904. The lowest BCUT2D eigenvalue weighted by atomic mass is 9.86. The highest BCUT2D eigenvalue weighted by Crippen LogP contribution is 2.46. The largest absolute Gasteiger partial charge is 0.494 e. The van der Waals surface area contributed by atoms with Crippen LogP contribution in [0.5, 0.6) is 5.75 Å². The van der Waals surface area contributed by atoms with Gasteiger partial charge < -0.3 is 9.84 Å². The van der Waals surface area contributed by atoms with Gasteiger partial charge in [-0.3, -0.25) is 4.21 Å². The number of methoxy groups -OCH3 is 1. The van der Waals surface area contributed by atoms with Gasteiger partial charge in [0.25, 0.3) is 0 Å². The van der Waals surface area contributed by atoms with Crippen molar-refractivity contribution < 1.29 is 18.4 Å². The minimum Gasteiger partial charge on any atom is -0.494 e. The number of rotatable bonds is 2. The van der Waals surface area contributed by atoms with Crippen LogP contribution in [0, 0.1) is 5.82 Å². The fourth-order valence-corrected chi connectivity index (χ4v) is 5.43. The summed E-state index contributed by atoms with van der Waals surface area (Å²) < 4.78 is 30.6. The van der Waals surface area contributed by atoms with Crippen LogP contribution in [0.2, 0.25) is 0 Å². The number of hydrogen-bond donors (Lipinski definition) is 1. The van der Waals surface area contributed by atoms with E-state index in [1.165, 1.54) is 19.2 Å². The van der Waals surface area contributed by atoms with Gasteiger partial charge in [0.2, 0.25) is 0 Å². The van der Waals surface area contributed by atoms with Crippen molar-refractivity contribution in [3.8, 4) is 5.75 Å². The molecule has 2 aliphatic rings. The van der Waals surface area contributed by atoms with Gasteiger partial charge in [0.15, 0.2) is 11.6 Å². The molecule has 5 heteroatoms. The van der Waals surface area contributed by atoms with Gasteiger partial charge in [-0.1, -0.05) is 6.07 Å². The summed E-state index contributed by atoms with van der Waals surface area (Å²) in [6, 6.07) is 4.58. The van der Waals surface area contributed by atoms with Crippen molar-refractivity contribution >= 4 is 10.8 Å². The highest BCUT2D eigenvalue weighted by atomic mass is 32.2. The zero-order chi connectivity index (χ0) is 13.6. The monoisotopic (exact) mass is 284 g/mol.